The van der Waals surface area contributed by atoms with Crippen LogP contribution < -0.4 is 5.90 Å². The monoisotopic (exact) mass is 128 g/mol. The fourth-order valence-corrected chi connectivity index (χ4v) is 0.144. The summed E-state index contributed by atoms with van der Waals surface area (Å²) in [4.78, 5) is 0. The molecule has 0 fully saturated rings. The Hall–Kier alpha value is -0.0100. The van der Waals surface area contributed by atoms with Crippen LogP contribution in [-0.2, 0) is 28.0 Å². The lowest BCUT2D eigenvalue weighted by Crippen LogP contribution is -2.52. The van der Waals surface area contributed by atoms with Crippen molar-refractivity contribution in [3.8, 4) is 0 Å². The summed E-state index contributed by atoms with van der Waals surface area (Å²) in [6, 6.07) is 0. The first-order chi connectivity index (χ1) is 3.12. The van der Waals surface area contributed by atoms with Crippen molar-refractivity contribution >= 4 is 10.8 Å². The third-order valence-electron chi connectivity index (χ3n) is 0.348. The van der Waals surface area contributed by atoms with E-state index in [0.29, 0.717) is 0 Å². The molecule has 0 aliphatic rings. The quantitative estimate of drug-likeness (QED) is 0.362. The van der Waals surface area contributed by atoms with E-state index in [-0.39, 0.29) is 0 Å². The van der Waals surface area contributed by atoms with Gasteiger partial charge in [0, 0.05) is 4.21 Å². The minimum absolute atomic E-state index is 0.987. The fraction of sp³-hybridized carbons (Fsp3) is 1.00. The Labute approximate surface area is 42.0 Å². The normalized spacial score (nSPS) is 18.7. The molecule has 7 heavy (non-hydrogen) atoms. The van der Waals surface area contributed by atoms with Crippen molar-refractivity contribution < 1.29 is 23.1 Å². The molecule has 5 nitrogen and oxygen atoms in total. The molecule has 0 saturated carbocycles. The average molecular weight is 128 g/mol. The predicted molar refractivity (Wildman–Crippen MR) is 19.7 cm³/mol. The molecular formula is CH6NO4S+2. The third-order valence-corrected chi connectivity index (χ3v) is 1.05. The van der Waals surface area contributed by atoms with Gasteiger partial charge in [0.25, 0.3) is 0 Å². The summed E-state index contributed by atoms with van der Waals surface area (Å²) < 4.78 is 27.1. The molecule has 3 N–H and O–H groups in total. The van der Waals surface area contributed by atoms with E-state index in [4.69, 9.17) is 0 Å². The molecule has 0 spiro atoms. The van der Waals surface area contributed by atoms with Gasteiger partial charge in [0.15, 0.2) is 0 Å². The van der Waals surface area contributed by atoms with Gasteiger partial charge in [-0.15, -0.1) is 4.18 Å². The van der Waals surface area contributed by atoms with Crippen molar-refractivity contribution in [3.05, 3.63) is 0 Å². The molecule has 1 radical (unpaired) electrons. The number of quaternary nitrogens is 1. The van der Waals surface area contributed by atoms with Crippen LogP contribution in [0.15, 0.2) is 0 Å². The SMILES string of the molecule is CO[S+]([O])(=O)O[NH3+]. The van der Waals surface area contributed by atoms with E-state index in [9.17, 15) is 8.76 Å². The lowest BCUT2D eigenvalue weighted by molar-refractivity contribution is -0.640. The number of hydrogen-bond acceptors (Lipinski definition) is 3. The van der Waals surface area contributed by atoms with E-state index in [0.717, 1.165) is 7.11 Å². The maximum atomic E-state index is 9.86. The number of rotatable bonds is 2. The summed E-state index contributed by atoms with van der Waals surface area (Å²) in [5.74, 6) is 2.62. The third kappa shape index (κ3) is 2.66. The zero-order valence-electron chi connectivity index (χ0n) is 3.75. The maximum Gasteiger partial charge on any atom is 0.596 e. The average Bonchev–Trinajstić information content (AvgIpc) is 1.68. The zero-order chi connectivity index (χ0) is 5.91. The summed E-state index contributed by atoms with van der Waals surface area (Å²) in [6.45, 7) is 0. The molecule has 43 valence electrons. The zero-order valence-corrected chi connectivity index (χ0v) is 4.56. The summed E-state index contributed by atoms with van der Waals surface area (Å²) in [7, 11) is -2.78. The van der Waals surface area contributed by atoms with Crippen molar-refractivity contribution in [2.75, 3.05) is 7.11 Å². The highest BCUT2D eigenvalue weighted by atomic mass is 32.3. The van der Waals surface area contributed by atoms with Crippen molar-refractivity contribution in [2.45, 2.75) is 0 Å². The molecule has 0 heterocycles. The second-order valence-electron chi connectivity index (χ2n) is 0.693. The molecule has 1 atom stereocenters. The van der Waals surface area contributed by atoms with Crippen LogP contribution >= 0.6 is 0 Å². The first-order valence-corrected chi connectivity index (χ1v) is 2.70. The molecule has 0 aromatic heterocycles. The van der Waals surface area contributed by atoms with E-state index in [2.05, 4.69) is 14.4 Å². The van der Waals surface area contributed by atoms with Gasteiger partial charge in [-0.2, -0.15) is 5.90 Å². The van der Waals surface area contributed by atoms with Crippen LogP contribution in [0.5, 0.6) is 0 Å². The van der Waals surface area contributed by atoms with Crippen molar-refractivity contribution in [2.24, 2.45) is 0 Å². The predicted octanol–water partition coefficient (Wildman–Crippen LogP) is -1.52. The van der Waals surface area contributed by atoms with Gasteiger partial charge >= 0.3 is 10.8 Å². The van der Waals surface area contributed by atoms with Gasteiger partial charge in [-0.1, -0.05) is 0 Å². The minimum atomic E-state index is -3.77. The highest BCUT2D eigenvalue weighted by Gasteiger charge is 2.32. The first kappa shape index (κ1) is 6.99. The van der Waals surface area contributed by atoms with Crippen molar-refractivity contribution in [1.82, 2.24) is 0 Å². The summed E-state index contributed by atoms with van der Waals surface area (Å²) >= 11 is 0. The van der Waals surface area contributed by atoms with Gasteiger partial charge in [0.1, 0.15) is 4.55 Å². The Kier molecular flexibility index (Phi) is 2.33. The highest BCUT2D eigenvalue weighted by Crippen LogP contribution is 1.95. The molecule has 0 rings (SSSR count). The molecule has 0 aliphatic heterocycles. The van der Waals surface area contributed by atoms with Crippen LogP contribution in [0, 0.1) is 0 Å². The molecular weight excluding hydrogens is 122 g/mol. The van der Waals surface area contributed by atoms with Gasteiger partial charge in [0.05, 0.1) is 11.4 Å². The van der Waals surface area contributed by atoms with Crippen LogP contribution in [0.4, 0.5) is 0 Å². The van der Waals surface area contributed by atoms with Crippen LogP contribution in [0.1, 0.15) is 0 Å². The van der Waals surface area contributed by atoms with Crippen LogP contribution in [0.25, 0.3) is 0 Å². The van der Waals surface area contributed by atoms with Crippen LogP contribution in [0.2, 0.25) is 0 Å². The molecule has 0 aliphatic carbocycles. The Bertz CT molecular complexity index is 83.7. The smallest absolute Gasteiger partial charge is 0.155 e. The van der Waals surface area contributed by atoms with Crippen LogP contribution in [-0.4, -0.2) is 7.11 Å². The van der Waals surface area contributed by atoms with Gasteiger partial charge in [-0.05, 0) is 0 Å². The molecule has 0 saturated heterocycles. The van der Waals surface area contributed by atoms with Gasteiger partial charge in [-0.3, -0.25) is 0 Å². The molecule has 0 aromatic rings. The standard InChI is InChI=1S/CH6NO4S/c1-5-7(3,4)6-2/h1-2H3/q+2. The van der Waals surface area contributed by atoms with Gasteiger partial charge in [-0.25, -0.2) is 0 Å². The minimum Gasteiger partial charge on any atom is -0.155 e. The molecule has 6 heteroatoms. The van der Waals surface area contributed by atoms with Gasteiger partial charge < -0.3 is 0 Å². The Morgan fingerprint density at radius 2 is 2.14 bits per heavy atom. The fourth-order valence-electron chi connectivity index (χ4n) is 0.0481. The van der Waals surface area contributed by atoms with Crippen molar-refractivity contribution in [3.63, 3.8) is 0 Å². The summed E-state index contributed by atoms with van der Waals surface area (Å²) in [5.41, 5.74) is 0. The van der Waals surface area contributed by atoms with E-state index in [1.165, 1.54) is 0 Å². The lowest BCUT2D eigenvalue weighted by Gasteiger charge is -1.81. The van der Waals surface area contributed by atoms with Crippen molar-refractivity contribution in [1.29, 1.82) is 0 Å². The van der Waals surface area contributed by atoms with E-state index in [1.54, 1.807) is 0 Å². The summed E-state index contributed by atoms with van der Waals surface area (Å²) in [6.07, 6.45) is 0. The molecule has 1 unspecified atom stereocenters. The lowest BCUT2D eigenvalue weighted by atomic mass is 11.8. The Balaban J connectivity index is 3.61. The molecule has 0 aromatic carbocycles. The second kappa shape index (κ2) is 2.34. The van der Waals surface area contributed by atoms with Crippen LogP contribution in [0.3, 0.4) is 0 Å². The Morgan fingerprint density at radius 3 is 2.14 bits per heavy atom. The Morgan fingerprint density at radius 1 is 1.71 bits per heavy atom. The second-order valence-corrected chi connectivity index (χ2v) is 2.08. The topological polar surface area (TPSA) is 83.1 Å². The highest BCUT2D eigenvalue weighted by molar-refractivity contribution is 7.88. The largest absolute Gasteiger partial charge is 0.596 e. The summed E-state index contributed by atoms with van der Waals surface area (Å²) in [5, 5.41) is 0. The van der Waals surface area contributed by atoms with E-state index < -0.39 is 10.8 Å². The molecule has 0 bridgehead atoms. The van der Waals surface area contributed by atoms with Gasteiger partial charge in [0.2, 0.25) is 0 Å². The maximum absolute atomic E-state index is 9.86. The first-order valence-electron chi connectivity index (χ1n) is 1.36. The number of hydrogen-bond donors (Lipinski definition) is 1. The molecule has 0 amide bonds. The van der Waals surface area contributed by atoms with E-state index in [1.807, 2.05) is 0 Å². The van der Waals surface area contributed by atoms with E-state index >= 15 is 0 Å².